The second kappa shape index (κ2) is 5.30. The van der Waals surface area contributed by atoms with E-state index in [1.165, 1.54) is 11.1 Å². The number of hydrogen-bond donors (Lipinski definition) is 0. The van der Waals surface area contributed by atoms with Gasteiger partial charge in [-0.15, -0.1) is 0 Å². The molecule has 0 bridgehead atoms. The molecule has 0 spiro atoms. The highest BCUT2D eigenvalue weighted by Gasteiger charge is 1.99. The average Bonchev–Trinajstić information content (AvgIpc) is 2.19. The maximum Gasteiger partial charge on any atom is 0.0298 e. The molecule has 0 aromatic heterocycles. The highest BCUT2D eigenvalue weighted by molar-refractivity contribution is 5.25. The molecule has 0 saturated carbocycles. The lowest BCUT2D eigenvalue weighted by Gasteiger charge is -2.06. The highest BCUT2D eigenvalue weighted by atomic mass is 15.1. The number of nitrogens with zero attached hydrogens (tertiary/aromatic N) is 3. The van der Waals surface area contributed by atoms with E-state index in [-0.39, 0.29) is 0 Å². The number of hydrogen-bond acceptors (Lipinski definition) is 1. The fourth-order valence-electron chi connectivity index (χ4n) is 1.33. The summed E-state index contributed by atoms with van der Waals surface area (Å²) in [5.41, 5.74) is 10.7. The van der Waals surface area contributed by atoms with Gasteiger partial charge < -0.3 is 0 Å². The largest absolute Gasteiger partial charge is 0.0936 e. The first kappa shape index (κ1) is 10.6. The van der Waals surface area contributed by atoms with E-state index >= 15 is 0 Å². The molecular formula is C11H15N3. The fraction of sp³-hybridized carbons (Fsp3) is 0.455. The maximum atomic E-state index is 8.15. The monoisotopic (exact) mass is 189 g/mol. The molecule has 0 N–H and O–H groups in total. The van der Waals surface area contributed by atoms with Crippen LogP contribution in [0.5, 0.6) is 0 Å². The molecule has 14 heavy (non-hydrogen) atoms. The Morgan fingerprint density at radius 1 is 1.43 bits per heavy atom. The predicted molar refractivity (Wildman–Crippen MR) is 58.2 cm³/mol. The van der Waals surface area contributed by atoms with Gasteiger partial charge in [-0.1, -0.05) is 43.2 Å². The lowest BCUT2D eigenvalue weighted by Crippen LogP contribution is -1.92. The van der Waals surface area contributed by atoms with Gasteiger partial charge in [-0.25, -0.2) is 0 Å². The van der Waals surface area contributed by atoms with Gasteiger partial charge in [-0.2, -0.15) is 0 Å². The Labute approximate surface area is 84.4 Å². The Morgan fingerprint density at radius 2 is 2.21 bits per heavy atom. The molecule has 0 aliphatic heterocycles. The van der Waals surface area contributed by atoms with Crippen molar-refractivity contribution in [3.63, 3.8) is 0 Å². The molecule has 1 aromatic rings. The fourth-order valence-corrected chi connectivity index (χ4v) is 1.33. The molecule has 0 heterocycles. The summed E-state index contributed by atoms with van der Waals surface area (Å²) >= 11 is 0. The maximum absolute atomic E-state index is 8.15. The van der Waals surface area contributed by atoms with Crippen LogP contribution in [0, 0.1) is 0 Å². The van der Waals surface area contributed by atoms with Gasteiger partial charge in [-0.3, -0.25) is 0 Å². The number of azide groups is 1. The summed E-state index contributed by atoms with van der Waals surface area (Å²) in [4.78, 5) is 2.73. The Morgan fingerprint density at radius 3 is 2.86 bits per heavy atom. The smallest absolute Gasteiger partial charge is 0.0298 e. The first-order valence-electron chi connectivity index (χ1n) is 4.83. The second-order valence-corrected chi connectivity index (χ2v) is 3.60. The van der Waals surface area contributed by atoms with Gasteiger partial charge >= 0.3 is 0 Å². The Kier molecular flexibility index (Phi) is 4.02. The van der Waals surface area contributed by atoms with Crippen molar-refractivity contribution in [2.45, 2.75) is 26.2 Å². The van der Waals surface area contributed by atoms with E-state index < -0.39 is 0 Å². The van der Waals surface area contributed by atoms with Crippen LogP contribution in [0.15, 0.2) is 29.4 Å². The summed E-state index contributed by atoms with van der Waals surface area (Å²) in [5, 5.41) is 3.52. The summed E-state index contributed by atoms with van der Waals surface area (Å²) in [7, 11) is 0. The minimum Gasteiger partial charge on any atom is -0.0936 e. The van der Waals surface area contributed by atoms with Crippen molar-refractivity contribution in [3.05, 3.63) is 45.8 Å². The normalized spacial score (nSPS) is 9.93. The zero-order valence-corrected chi connectivity index (χ0v) is 8.64. The van der Waals surface area contributed by atoms with Crippen molar-refractivity contribution in [3.8, 4) is 0 Å². The lowest BCUT2D eigenvalue weighted by atomic mass is 10.00. The third kappa shape index (κ3) is 3.11. The van der Waals surface area contributed by atoms with Crippen LogP contribution >= 0.6 is 0 Å². The average molecular weight is 189 g/mol. The van der Waals surface area contributed by atoms with Gasteiger partial charge in [0.1, 0.15) is 0 Å². The SMILES string of the molecule is CC(C)c1cccc(CCN=[N+]=[N-])c1. The van der Waals surface area contributed by atoms with Crippen LogP contribution in [-0.2, 0) is 6.42 Å². The first-order valence-corrected chi connectivity index (χ1v) is 4.83. The molecule has 0 fully saturated rings. The molecule has 74 valence electrons. The van der Waals surface area contributed by atoms with E-state index in [0.29, 0.717) is 12.5 Å². The number of rotatable bonds is 4. The minimum atomic E-state index is 0.540. The van der Waals surface area contributed by atoms with E-state index in [9.17, 15) is 0 Å². The summed E-state index contributed by atoms with van der Waals surface area (Å²) in [5.74, 6) is 0.550. The summed E-state index contributed by atoms with van der Waals surface area (Å²) in [6.07, 6.45) is 0.824. The second-order valence-electron chi connectivity index (χ2n) is 3.60. The molecular weight excluding hydrogens is 174 g/mol. The zero-order chi connectivity index (χ0) is 10.4. The van der Waals surface area contributed by atoms with E-state index in [0.717, 1.165) is 6.42 Å². The van der Waals surface area contributed by atoms with Crippen molar-refractivity contribution in [2.75, 3.05) is 6.54 Å². The Balaban J connectivity index is 2.68. The predicted octanol–water partition coefficient (Wildman–Crippen LogP) is 3.66. The lowest BCUT2D eigenvalue weighted by molar-refractivity contribution is 0.858. The van der Waals surface area contributed by atoms with Crippen LogP contribution in [0.2, 0.25) is 0 Å². The third-order valence-electron chi connectivity index (χ3n) is 2.18. The van der Waals surface area contributed by atoms with E-state index in [4.69, 9.17) is 5.53 Å². The molecule has 0 unspecified atom stereocenters. The van der Waals surface area contributed by atoms with Gasteiger partial charge in [0.05, 0.1) is 0 Å². The summed E-state index contributed by atoms with van der Waals surface area (Å²) in [6, 6.07) is 8.43. The molecule has 0 atom stereocenters. The van der Waals surface area contributed by atoms with Crippen molar-refractivity contribution in [2.24, 2.45) is 5.11 Å². The van der Waals surface area contributed by atoms with Crippen LogP contribution in [0.25, 0.3) is 10.4 Å². The van der Waals surface area contributed by atoms with Gasteiger partial charge in [0, 0.05) is 11.5 Å². The quantitative estimate of drug-likeness (QED) is 0.394. The molecule has 0 radical (unpaired) electrons. The standard InChI is InChI=1S/C11H15N3/c1-9(2)11-5-3-4-10(8-11)6-7-13-14-12/h3-5,8-9H,6-7H2,1-2H3. The van der Waals surface area contributed by atoms with Crippen LogP contribution < -0.4 is 0 Å². The van der Waals surface area contributed by atoms with Crippen LogP contribution in [0.3, 0.4) is 0 Å². The summed E-state index contributed by atoms with van der Waals surface area (Å²) < 4.78 is 0. The van der Waals surface area contributed by atoms with Crippen LogP contribution in [0.4, 0.5) is 0 Å². The van der Waals surface area contributed by atoms with Crippen LogP contribution in [0.1, 0.15) is 30.9 Å². The van der Waals surface area contributed by atoms with Gasteiger partial charge in [0.2, 0.25) is 0 Å². The first-order chi connectivity index (χ1) is 6.74. The number of benzene rings is 1. The van der Waals surface area contributed by atoms with Gasteiger partial charge in [0.25, 0.3) is 0 Å². The molecule has 0 amide bonds. The van der Waals surface area contributed by atoms with E-state index in [1.54, 1.807) is 0 Å². The molecule has 3 nitrogen and oxygen atoms in total. The van der Waals surface area contributed by atoms with Gasteiger partial charge in [0.15, 0.2) is 0 Å². The van der Waals surface area contributed by atoms with E-state index in [1.807, 2.05) is 0 Å². The molecule has 0 aliphatic rings. The van der Waals surface area contributed by atoms with Crippen LogP contribution in [-0.4, -0.2) is 6.54 Å². The van der Waals surface area contributed by atoms with E-state index in [2.05, 4.69) is 48.1 Å². The van der Waals surface area contributed by atoms with Crippen molar-refractivity contribution < 1.29 is 0 Å². The van der Waals surface area contributed by atoms with Crippen molar-refractivity contribution in [1.29, 1.82) is 0 Å². The third-order valence-corrected chi connectivity index (χ3v) is 2.18. The van der Waals surface area contributed by atoms with Gasteiger partial charge in [-0.05, 0) is 29.0 Å². The Bertz CT molecular complexity index is 338. The molecule has 0 aliphatic carbocycles. The summed E-state index contributed by atoms with van der Waals surface area (Å²) in [6.45, 7) is 4.89. The highest BCUT2D eigenvalue weighted by Crippen LogP contribution is 2.15. The molecule has 1 rings (SSSR count). The van der Waals surface area contributed by atoms with Crippen molar-refractivity contribution >= 4 is 0 Å². The van der Waals surface area contributed by atoms with Crippen molar-refractivity contribution in [1.82, 2.24) is 0 Å². The molecule has 0 saturated heterocycles. The zero-order valence-electron chi connectivity index (χ0n) is 8.64. The Hall–Kier alpha value is -1.47. The molecule has 1 aromatic carbocycles. The minimum absolute atomic E-state index is 0.540. The topological polar surface area (TPSA) is 48.8 Å². The molecule has 3 heteroatoms.